The summed E-state index contributed by atoms with van der Waals surface area (Å²) in [5.41, 5.74) is 5.89. The largest absolute Gasteiger partial charge is 0.398 e. The van der Waals surface area contributed by atoms with E-state index in [0.717, 1.165) is 15.6 Å². The molecule has 0 radical (unpaired) electrons. The minimum absolute atomic E-state index is 0.0817. The van der Waals surface area contributed by atoms with Gasteiger partial charge in [0.05, 0.1) is 12.1 Å². The van der Waals surface area contributed by atoms with E-state index in [0.29, 0.717) is 5.69 Å². The molecule has 0 fully saturated rings. The van der Waals surface area contributed by atoms with Crippen molar-refractivity contribution in [2.75, 3.05) is 18.8 Å². The van der Waals surface area contributed by atoms with Gasteiger partial charge in [0.2, 0.25) is 0 Å². The lowest BCUT2D eigenvalue weighted by molar-refractivity contribution is 0.426. The van der Waals surface area contributed by atoms with Gasteiger partial charge in [-0.1, -0.05) is 0 Å². The molecule has 1 aromatic rings. The Balaban J connectivity index is 2.96. The molecule has 0 saturated carbocycles. The second-order valence-corrected chi connectivity index (χ2v) is 6.50. The summed E-state index contributed by atoms with van der Waals surface area (Å²) in [5, 5.41) is 18.6. The Hall–Kier alpha value is -1.61. The van der Waals surface area contributed by atoms with E-state index in [1.165, 1.54) is 6.07 Å². The van der Waals surface area contributed by atoms with Crippen LogP contribution in [0.25, 0.3) is 0 Å². The number of thiophene rings is 1. The number of hydrogen-bond donors (Lipinski definition) is 1. The number of rotatable bonds is 6. The average Bonchev–Trinajstić information content (AvgIpc) is 2.76. The Kier molecular flexibility index (Phi) is 5.10. The van der Waals surface area contributed by atoms with Crippen LogP contribution in [0.1, 0.15) is 12.8 Å². The van der Waals surface area contributed by atoms with E-state index in [9.17, 15) is 8.42 Å². The van der Waals surface area contributed by atoms with Crippen molar-refractivity contribution < 1.29 is 8.42 Å². The Labute approximate surface area is 110 Å². The van der Waals surface area contributed by atoms with Gasteiger partial charge in [0.15, 0.2) is 0 Å². The molecule has 1 heterocycles. The predicted octanol–water partition coefficient (Wildman–Crippen LogP) is 1.15. The van der Waals surface area contributed by atoms with Crippen LogP contribution in [0.15, 0.2) is 15.7 Å². The quantitative estimate of drug-likeness (QED) is 0.842. The van der Waals surface area contributed by atoms with E-state index in [2.05, 4.69) is 0 Å². The minimum atomic E-state index is -3.66. The fourth-order valence-corrected chi connectivity index (χ4v) is 3.97. The molecule has 0 spiro atoms. The van der Waals surface area contributed by atoms with Crippen LogP contribution in [0.2, 0.25) is 0 Å². The first kappa shape index (κ1) is 14.5. The lowest BCUT2D eigenvalue weighted by Crippen LogP contribution is -2.32. The lowest BCUT2D eigenvalue weighted by atomic mass is 10.4. The molecule has 0 saturated heterocycles. The zero-order valence-corrected chi connectivity index (χ0v) is 11.2. The van der Waals surface area contributed by atoms with Gasteiger partial charge < -0.3 is 5.73 Å². The first-order chi connectivity index (χ1) is 8.52. The highest BCUT2D eigenvalue weighted by molar-refractivity contribution is 7.91. The van der Waals surface area contributed by atoms with Gasteiger partial charge in [-0.2, -0.15) is 14.8 Å². The Morgan fingerprint density at radius 3 is 2.22 bits per heavy atom. The van der Waals surface area contributed by atoms with Crippen molar-refractivity contribution in [3.63, 3.8) is 0 Å². The summed E-state index contributed by atoms with van der Waals surface area (Å²) in [6, 6.07) is 5.17. The number of nitriles is 2. The SMILES string of the molecule is N#CCCN(CCC#N)S(=O)(=O)c1cc(N)cs1. The Morgan fingerprint density at radius 2 is 1.83 bits per heavy atom. The predicted molar refractivity (Wildman–Crippen MR) is 68.0 cm³/mol. The van der Waals surface area contributed by atoms with Gasteiger partial charge in [-0.15, -0.1) is 11.3 Å². The van der Waals surface area contributed by atoms with Crippen molar-refractivity contribution in [2.24, 2.45) is 0 Å². The molecular formula is C10H12N4O2S2. The van der Waals surface area contributed by atoms with Gasteiger partial charge in [0, 0.05) is 37.0 Å². The summed E-state index contributed by atoms with van der Waals surface area (Å²) >= 11 is 1.03. The van der Waals surface area contributed by atoms with Crippen molar-refractivity contribution in [1.29, 1.82) is 10.5 Å². The first-order valence-electron chi connectivity index (χ1n) is 5.10. The maximum atomic E-state index is 12.2. The molecule has 6 nitrogen and oxygen atoms in total. The maximum absolute atomic E-state index is 12.2. The Morgan fingerprint density at radius 1 is 1.28 bits per heavy atom. The summed E-state index contributed by atoms with van der Waals surface area (Å²) in [5.74, 6) is 0. The Bertz CT molecular complexity index is 562. The van der Waals surface area contributed by atoms with Crippen molar-refractivity contribution in [3.05, 3.63) is 11.4 Å². The smallest absolute Gasteiger partial charge is 0.252 e. The van der Waals surface area contributed by atoms with E-state index >= 15 is 0 Å². The van der Waals surface area contributed by atoms with E-state index in [4.69, 9.17) is 16.3 Å². The van der Waals surface area contributed by atoms with Crippen LogP contribution >= 0.6 is 11.3 Å². The molecule has 8 heteroatoms. The number of nitrogen functional groups attached to an aromatic ring is 1. The van der Waals surface area contributed by atoms with Crippen molar-refractivity contribution >= 4 is 27.0 Å². The molecule has 0 amide bonds. The average molecular weight is 284 g/mol. The van der Waals surface area contributed by atoms with Crippen molar-refractivity contribution in [3.8, 4) is 12.1 Å². The summed E-state index contributed by atoms with van der Waals surface area (Å²) < 4.78 is 25.7. The molecule has 0 bridgehead atoms. The minimum Gasteiger partial charge on any atom is -0.398 e. The van der Waals surface area contributed by atoms with E-state index in [1.807, 2.05) is 12.1 Å². The normalized spacial score (nSPS) is 11.1. The fourth-order valence-electron chi connectivity index (χ4n) is 1.29. The van der Waals surface area contributed by atoms with Crippen LogP contribution in [0.4, 0.5) is 5.69 Å². The molecule has 0 aliphatic heterocycles. The zero-order valence-electron chi connectivity index (χ0n) is 9.54. The monoisotopic (exact) mass is 284 g/mol. The summed E-state index contributed by atoms with van der Waals surface area (Å²) in [7, 11) is -3.66. The van der Waals surface area contributed by atoms with Crippen LogP contribution in [0.5, 0.6) is 0 Å². The molecule has 18 heavy (non-hydrogen) atoms. The van der Waals surface area contributed by atoms with E-state index < -0.39 is 10.0 Å². The fraction of sp³-hybridized carbons (Fsp3) is 0.400. The first-order valence-corrected chi connectivity index (χ1v) is 7.42. The molecule has 0 aromatic carbocycles. The molecular weight excluding hydrogens is 272 g/mol. The third kappa shape index (κ3) is 3.44. The van der Waals surface area contributed by atoms with Crippen molar-refractivity contribution in [1.82, 2.24) is 4.31 Å². The third-order valence-electron chi connectivity index (χ3n) is 2.14. The van der Waals surface area contributed by atoms with Gasteiger partial charge >= 0.3 is 0 Å². The van der Waals surface area contributed by atoms with Gasteiger partial charge in [0.25, 0.3) is 10.0 Å². The highest BCUT2D eigenvalue weighted by atomic mass is 32.2. The van der Waals surface area contributed by atoms with Crippen LogP contribution in [-0.4, -0.2) is 25.8 Å². The molecule has 2 N–H and O–H groups in total. The van der Waals surface area contributed by atoms with Gasteiger partial charge in [-0.25, -0.2) is 8.42 Å². The van der Waals surface area contributed by atoms with Crippen LogP contribution in [-0.2, 0) is 10.0 Å². The molecule has 1 aromatic heterocycles. The van der Waals surface area contributed by atoms with Gasteiger partial charge in [-0.05, 0) is 6.07 Å². The number of anilines is 1. The summed E-state index contributed by atoms with van der Waals surface area (Å²) in [6.45, 7) is 0.163. The molecule has 0 aliphatic rings. The summed E-state index contributed by atoms with van der Waals surface area (Å²) in [6.07, 6.45) is 0.178. The molecule has 1 rings (SSSR count). The molecule has 96 valence electrons. The van der Waals surface area contributed by atoms with Crippen LogP contribution in [0.3, 0.4) is 0 Å². The van der Waals surface area contributed by atoms with E-state index in [1.54, 1.807) is 5.38 Å². The lowest BCUT2D eigenvalue weighted by Gasteiger charge is -2.18. The van der Waals surface area contributed by atoms with Crippen molar-refractivity contribution in [2.45, 2.75) is 17.1 Å². The number of sulfonamides is 1. The number of hydrogen-bond acceptors (Lipinski definition) is 6. The zero-order chi connectivity index (χ0) is 13.6. The van der Waals surface area contributed by atoms with Crippen LogP contribution < -0.4 is 5.73 Å². The molecule has 0 aliphatic carbocycles. The highest BCUT2D eigenvalue weighted by Crippen LogP contribution is 2.25. The number of nitrogens with zero attached hydrogens (tertiary/aromatic N) is 3. The third-order valence-corrected chi connectivity index (χ3v) is 5.47. The summed E-state index contributed by atoms with van der Waals surface area (Å²) in [4.78, 5) is 0. The molecule has 0 unspecified atom stereocenters. The van der Waals surface area contributed by atoms with Crippen LogP contribution in [0, 0.1) is 22.7 Å². The van der Waals surface area contributed by atoms with Gasteiger partial charge in [-0.3, -0.25) is 0 Å². The van der Waals surface area contributed by atoms with Gasteiger partial charge in [0.1, 0.15) is 4.21 Å². The second kappa shape index (κ2) is 6.36. The highest BCUT2D eigenvalue weighted by Gasteiger charge is 2.25. The standard InChI is InChI=1S/C10H12N4O2S2/c11-3-1-5-14(6-2-4-12)18(15,16)10-7-9(13)8-17-10/h7-8H,1-2,5-6,13H2. The number of nitrogens with two attached hydrogens (primary N) is 1. The maximum Gasteiger partial charge on any atom is 0.252 e. The topological polar surface area (TPSA) is 111 Å². The second-order valence-electron chi connectivity index (χ2n) is 3.42. The molecule has 0 atom stereocenters. The van der Waals surface area contributed by atoms with E-state index in [-0.39, 0.29) is 30.1 Å².